The minimum Gasteiger partial charge on any atom is -0.543 e. The molecule has 0 spiro atoms. The zero-order valence-electron chi connectivity index (χ0n) is 13.0. The summed E-state index contributed by atoms with van der Waals surface area (Å²) in [4.78, 5) is 24.1. The molecule has 7 nitrogen and oxygen atoms in total. The van der Waals surface area contributed by atoms with Crippen molar-refractivity contribution >= 4 is 16.7 Å². The van der Waals surface area contributed by atoms with Gasteiger partial charge >= 0.3 is 0 Å². The molecule has 0 N–H and O–H groups in total. The first kappa shape index (κ1) is 15.5. The van der Waals surface area contributed by atoms with E-state index in [4.69, 9.17) is 9.47 Å². The Morgan fingerprint density at radius 1 is 1.04 bits per heavy atom. The number of carbonyl (C=O) groups excluding carboxylic acids is 1. The number of hydrogen-bond acceptors (Lipinski definition) is 6. The minimum atomic E-state index is -1.46. The summed E-state index contributed by atoms with van der Waals surface area (Å²) in [5.41, 5.74) is -0.442. The fourth-order valence-corrected chi connectivity index (χ4v) is 2.43. The molecule has 0 aliphatic carbocycles. The van der Waals surface area contributed by atoms with Crippen molar-refractivity contribution < 1.29 is 19.4 Å². The largest absolute Gasteiger partial charge is 0.543 e. The number of fused-ring (bicyclic) bond motifs is 1. The normalized spacial score (nSPS) is 10.6. The molecule has 1 heterocycles. The summed E-state index contributed by atoms with van der Waals surface area (Å²) in [6.45, 7) is 0. The van der Waals surface area contributed by atoms with Gasteiger partial charge in [-0.2, -0.15) is 9.78 Å². The number of aromatic nitrogens is 2. The molecule has 7 heteroatoms. The van der Waals surface area contributed by atoms with Gasteiger partial charge in [-0.3, -0.25) is 4.79 Å². The minimum absolute atomic E-state index is 0.230. The van der Waals surface area contributed by atoms with Crippen LogP contribution in [0.25, 0.3) is 16.5 Å². The second-order valence-electron chi connectivity index (χ2n) is 4.97. The molecule has 0 saturated carbocycles. The monoisotopic (exact) mass is 325 g/mol. The molecule has 24 heavy (non-hydrogen) atoms. The van der Waals surface area contributed by atoms with Crippen molar-refractivity contribution in [1.29, 1.82) is 0 Å². The molecule has 2 aromatic carbocycles. The average molecular weight is 325 g/mol. The van der Waals surface area contributed by atoms with Crippen LogP contribution >= 0.6 is 0 Å². The van der Waals surface area contributed by atoms with Crippen molar-refractivity contribution in [3.8, 4) is 17.2 Å². The number of benzene rings is 2. The third-order valence-corrected chi connectivity index (χ3v) is 3.58. The van der Waals surface area contributed by atoms with Crippen LogP contribution in [0.2, 0.25) is 0 Å². The van der Waals surface area contributed by atoms with E-state index in [0.29, 0.717) is 17.2 Å². The third kappa shape index (κ3) is 2.56. The number of hydrogen-bond donors (Lipinski definition) is 0. The Kier molecular flexibility index (Phi) is 3.91. The van der Waals surface area contributed by atoms with E-state index in [1.54, 1.807) is 36.4 Å². The lowest BCUT2D eigenvalue weighted by molar-refractivity contribution is -0.255. The Balaban J connectivity index is 2.37. The first-order chi connectivity index (χ1) is 11.5. The van der Waals surface area contributed by atoms with Crippen LogP contribution < -0.4 is 20.1 Å². The second kappa shape index (κ2) is 6.04. The smallest absolute Gasteiger partial charge is 0.279 e. The van der Waals surface area contributed by atoms with E-state index in [1.807, 2.05) is 0 Å². The number of nitrogens with zero attached hydrogens (tertiary/aromatic N) is 2. The zero-order valence-corrected chi connectivity index (χ0v) is 13.0. The van der Waals surface area contributed by atoms with Gasteiger partial charge in [0.2, 0.25) is 0 Å². The number of carboxylic acid groups (broad SMARTS) is 1. The predicted molar refractivity (Wildman–Crippen MR) is 84.8 cm³/mol. The predicted octanol–water partition coefficient (Wildman–Crippen LogP) is 0.766. The van der Waals surface area contributed by atoms with Crippen molar-refractivity contribution in [3.63, 3.8) is 0 Å². The number of rotatable bonds is 4. The fraction of sp³-hybridized carbons (Fsp3) is 0.118. The molecule has 0 atom stereocenters. The number of methoxy groups -OCH3 is 2. The topological polar surface area (TPSA) is 93.5 Å². The molecule has 122 valence electrons. The van der Waals surface area contributed by atoms with E-state index in [-0.39, 0.29) is 16.5 Å². The highest BCUT2D eigenvalue weighted by Crippen LogP contribution is 2.24. The van der Waals surface area contributed by atoms with Crippen molar-refractivity contribution in [1.82, 2.24) is 9.78 Å². The van der Waals surface area contributed by atoms with Gasteiger partial charge in [0.1, 0.15) is 17.2 Å². The van der Waals surface area contributed by atoms with E-state index in [9.17, 15) is 14.7 Å². The Morgan fingerprint density at radius 3 is 2.17 bits per heavy atom. The summed E-state index contributed by atoms with van der Waals surface area (Å²) in [6, 6.07) is 11.1. The summed E-state index contributed by atoms with van der Waals surface area (Å²) < 4.78 is 11.3. The maximum atomic E-state index is 12.7. The van der Waals surface area contributed by atoms with Crippen LogP contribution in [-0.4, -0.2) is 30.0 Å². The number of aromatic carboxylic acids is 1. The van der Waals surface area contributed by atoms with Crippen molar-refractivity contribution in [3.05, 3.63) is 58.5 Å². The van der Waals surface area contributed by atoms with Crippen LogP contribution in [0.1, 0.15) is 10.5 Å². The molecule has 0 amide bonds. The van der Waals surface area contributed by atoms with Crippen molar-refractivity contribution in [2.75, 3.05) is 14.2 Å². The van der Waals surface area contributed by atoms with Gasteiger partial charge in [-0.1, -0.05) is 18.2 Å². The molecule has 0 aliphatic rings. The van der Waals surface area contributed by atoms with E-state index in [0.717, 1.165) is 4.68 Å². The van der Waals surface area contributed by atoms with Gasteiger partial charge < -0.3 is 19.4 Å². The fourth-order valence-electron chi connectivity index (χ4n) is 2.43. The van der Waals surface area contributed by atoms with Gasteiger partial charge in [0, 0.05) is 23.6 Å². The molecule has 0 fully saturated rings. The molecule has 0 bridgehead atoms. The highest BCUT2D eigenvalue weighted by Gasteiger charge is 2.13. The third-order valence-electron chi connectivity index (χ3n) is 3.58. The standard InChI is InChI=1S/C17H14N2O5/c1-23-11-7-10(8-12(9-11)24-2)19-16(20)14-6-4-3-5-13(14)15(18-19)17(21)22/h3-9H,1-2H3,(H,21,22)/p-1. The molecule has 0 saturated heterocycles. The highest BCUT2D eigenvalue weighted by molar-refractivity contribution is 6.00. The van der Waals surface area contributed by atoms with Gasteiger partial charge in [0.05, 0.1) is 31.3 Å². The second-order valence-corrected chi connectivity index (χ2v) is 4.97. The molecule has 0 radical (unpaired) electrons. The molecule has 0 unspecified atom stereocenters. The summed E-state index contributed by atoms with van der Waals surface area (Å²) >= 11 is 0. The van der Waals surface area contributed by atoms with Crippen LogP contribution in [-0.2, 0) is 0 Å². The summed E-state index contributed by atoms with van der Waals surface area (Å²) in [5, 5.41) is 15.8. The summed E-state index contributed by atoms with van der Waals surface area (Å²) in [6.07, 6.45) is 0. The lowest BCUT2D eigenvalue weighted by atomic mass is 10.1. The number of ether oxygens (including phenoxy) is 2. The van der Waals surface area contributed by atoms with E-state index < -0.39 is 11.5 Å². The molecular formula is C17H13N2O5-. The Labute approximate surface area is 136 Å². The van der Waals surface area contributed by atoms with Gasteiger partial charge in [-0.05, 0) is 6.07 Å². The van der Waals surface area contributed by atoms with Crippen LogP contribution in [0, 0.1) is 0 Å². The first-order valence-corrected chi connectivity index (χ1v) is 7.02. The van der Waals surface area contributed by atoms with Crippen LogP contribution in [0.5, 0.6) is 11.5 Å². The van der Waals surface area contributed by atoms with Gasteiger partial charge in [0.25, 0.3) is 5.56 Å². The van der Waals surface area contributed by atoms with Crippen LogP contribution in [0.4, 0.5) is 0 Å². The SMILES string of the molecule is COc1cc(OC)cc(-n2nc(C(=O)[O-])c3ccccc3c2=O)c1. The van der Waals surface area contributed by atoms with Gasteiger partial charge in [-0.15, -0.1) is 0 Å². The highest BCUT2D eigenvalue weighted by atomic mass is 16.5. The Hall–Kier alpha value is -3.35. The average Bonchev–Trinajstić information content (AvgIpc) is 2.61. The van der Waals surface area contributed by atoms with Gasteiger partial charge in [-0.25, -0.2) is 0 Å². The quantitative estimate of drug-likeness (QED) is 0.703. The van der Waals surface area contributed by atoms with E-state index in [1.165, 1.54) is 20.3 Å². The van der Waals surface area contributed by atoms with E-state index in [2.05, 4.69) is 5.10 Å². The molecule has 3 rings (SSSR count). The van der Waals surface area contributed by atoms with Crippen molar-refractivity contribution in [2.45, 2.75) is 0 Å². The zero-order chi connectivity index (χ0) is 17.3. The van der Waals surface area contributed by atoms with Crippen molar-refractivity contribution in [2.24, 2.45) is 0 Å². The maximum Gasteiger partial charge on any atom is 0.279 e. The molecule has 0 aliphatic heterocycles. The molecular weight excluding hydrogens is 312 g/mol. The van der Waals surface area contributed by atoms with Gasteiger partial charge in [0.15, 0.2) is 0 Å². The van der Waals surface area contributed by atoms with Crippen LogP contribution in [0.3, 0.4) is 0 Å². The Morgan fingerprint density at radius 2 is 1.62 bits per heavy atom. The van der Waals surface area contributed by atoms with Crippen LogP contribution in [0.15, 0.2) is 47.3 Å². The summed E-state index contributed by atoms with van der Waals surface area (Å²) in [5.74, 6) is -0.572. The summed E-state index contributed by atoms with van der Waals surface area (Å²) in [7, 11) is 2.95. The lowest BCUT2D eigenvalue weighted by Crippen LogP contribution is -2.30. The molecule has 1 aromatic heterocycles. The number of carbonyl (C=O) groups is 1. The number of carboxylic acids is 1. The maximum absolute atomic E-state index is 12.7. The molecule has 3 aromatic rings. The Bertz CT molecular complexity index is 972. The van der Waals surface area contributed by atoms with E-state index >= 15 is 0 Å². The first-order valence-electron chi connectivity index (χ1n) is 7.02. The lowest BCUT2D eigenvalue weighted by Gasteiger charge is -2.13.